The van der Waals surface area contributed by atoms with Crippen LogP contribution in [0.25, 0.3) is 0 Å². The molecule has 8 heteroatoms. The van der Waals surface area contributed by atoms with E-state index in [9.17, 15) is 4.79 Å². The van der Waals surface area contributed by atoms with Crippen LogP contribution < -0.4 is 9.47 Å². The van der Waals surface area contributed by atoms with Crippen molar-refractivity contribution in [3.8, 4) is 11.6 Å². The molecule has 0 radical (unpaired) electrons. The van der Waals surface area contributed by atoms with E-state index in [0.29, 0.717) is 34.8 Å². The highest BCUT2D eigenvalue weighted by Gasteiger charge is 2.25. The van der Waals surface area contributed by atoms with Gasteiger partial charge >= 0.3 is 0 Å². The Morgan fingerprint density at radius 2 is 2.12 bits per heavy atom. The minimum atomic E-state index is -0.112. The first-order chi connectivity index (χ1) is 12.5. The lowest BCUT2D eigenvalue weighted by molar-refractivity contribution is -0.136. The molecule has 0 spiro atoms. The summed E-state index contributed by atoms with van der Waals surface area (Å²) < 4.78 is 11.4. The van der Waals surface area contributed by atoms with Crippen LogP contribution in [0.4, 0.5) is 0 Å². The van der Waals surface area contributed by atoms with Crippen LogP contribution in [0.5, 0.6) is 11.6 Å². The molecule has 1 aromatic carbocycles. The molecule has 0 bridgehead atoms. The van der Waals surface area contributed by atoms with Gasteiger partial charge in [0.2, 0.25) is 5.88 Å². The number of hydrogen-bond donors (Lipinski definition) is 0. The van der Waals surface area contributed by atoms with Gasteiger partial charge in [0.05, 0.1) is 17.3 Å². The number of benzene rings is 1. The van der Waals surface area contributed by atoms with Crippen LogP contribution in [-0.4, -0.2) is 46.8 Å². The van der Waals surface area contributed by atoms with Gasteiger partial charge in [0.15, 0.2) is 6.61 Å². The second kappa shape index (κ2) is 8.56. The number of halogens is 2. The quantitative estimate of drug-likeness (QED) is 0.774. The number of nitrogens with zero attached hydrogens (tertiary/aromatic N) is 3. The van der Waals surface area contributed by atoms with Gasteiger partial charge in [0.25, 0.3) is 5.91 Å². The van der Waals surface area contributed by atoms with E-state index in [1.54, 1.807) is 29.2 Å². The summed E-state index contributed by atoms with van der Waals surface area (Å²) in [5.41, 5.74) is 0.829. The van der Waals surface area contributed by atoms with Crippen molar-refractivity contribution in [2.75, 3.05) is 19.7 Å². The van der Waals surface area contributed by atoms with Gasteiger partial charge < -0.3 is 14.4 Å². The van der Waals surface area contributed by atoms with Crippen molar-refractivity contribution >= 4 is 29.1 Å². The molecular formula is C18H19Cl2N3O3. The van der Waals surface area contributed by atoms with Crippen LogP contribution in [0.3, 0.4) is 0 Å². The lowest BCUT2D eigenvalue weighted by Gasteiger charge is -2.32. The van der Waals surface area contributed by atoms with E-state index in [2.05, 4.69) is 10.2 Å². The van der Waals surface area contributed by atoms with Gasteiger partial charge in [0, 0.05) is 17.6 Å². The largest absolute Gasteiger partial charge is 0.482 e. The standard InChI is InChI=1S/C18H19Cl2N3O3/c1-12-4-7-17(22-21-12)26-14-3-2-8-23(10-14)18(24)11-25-16-6-5-13(19)9-15(16)20/h4-7,9,14H,2-3,8,10-11H2,1H3. The Kier molecular flexibility index (Phi) is 6.16. The fourth-order valence-corrected chi connectivity index (χ4v) is 3.17. The smallest absolute Gasteiger partial charge is 0.260 e. The molecule has 1 aliphatic heterocycles. The Morgan fingerprint density at radius 1 is 1.27 bits per heavy atom. The fourth-order valence-electron chi connectivity index (χ4n) is 2.70. The van der Waals surface area contributed by atoms with Gasteiger partial charge in [-0.2, -0.15) is 5.10 Å². The third-order valence-corrected chi connectivity index (χ3v) is 4.57. The Labute approximate surface area is 162 Å². The van der Waals surface area contributed by atoms with Crippen molar-refractivity contribution in [2.45, 2.75) is 25.9 Å². The molecule has 1 unspecified atom stereocenters. The average Bonchev–Trinajstić information content (AvgIpc) is 2.63. The number of carbonyl (C=O) groups is 1. The molecule has 1 atom stereocenters. The summed E-state index contributed by atoms with van der Waals surface area (Å²) in [6.07, 6.45) is 1.62. The average molecular weight is 396 g/mol. The van der Waals surface area contributed by atoms with Crippen LogP contribution in [-0.2, 0) is 4.79 Å². The lowest BCUT2D eigenvalue weighted by atomic mass is 10.1. The zero-order valence-corrected chi connectivity index (χ0v) is 15.8. The number of aryl methyl sites for hydroxylation is 1. The normalized spacial score (nSPS) is 17.0. The monoisotopic (exact) mass is 395 g/mol. The third kappa shape index (κ3) is 4.99. The maximum Gasteiger partial charge on any atom is 0.260 e. The number of hydrogen-bond acceptors (Lipinski definition) is 5. The second-order valence-corrected chi connectivity index (χ2v) is 6.94. The fraction of sp³-hybridized carbons (Fsp3) is 0.389. The number of carbonyl (C=O) groups excluding carboxylic acids is 1. The first-order valence-electron chi connectivity index (χ1n) is 8.34. The third-order valence-electron chi connectivity index (χ3n) is 4.04. The predicted octanol–water partition coefficient (Wildman–Crippen LogP) is 3.54. The van der Waals surface area contributed by atoms with E-state index >= 15 is 0 Å². The van der Waals surface area contributed by atoms with Gasteiger partial charge in [-0.25, -0.2) is 0 Å². The van der Waals surface area contributed by atoms with Crippen molar-refractivity contribution in [3.63, 3.8) is 0 Å². The van der Waals surface area contributed by atoms with Crippen molar-refractivity contribution in [2.24, 2.45) is 0 Å². The highest BCUT2D eigenvalue weighted by Crippen LogP contribution is 2.27. The highest BCUT2D eigenvalue weighted by molar-refractivity contribution is 6.35. The van der Waals surface area contributed by atoms with Gasteiger partial charge in [-0.3, -0.25) is 4.79 Å². The minimum Gasteiger partial charge on any atom is -0.482 e. The molecule has 1 fully saturated rings. The van der Waals surface area contributed by atoms with E-state index in [0.717, 1.165) is 18.5 Å². The number of ether oxygens (including phenoxy) is 2. The molecule has 2 aromatic rings. The Balaban J connectivity index is 1.53. The topological polar surface area (TPSA) is 64.5 Å². The zero-order valence-electron chi connectivity index (χ0n) is 14.3. The van der Waals surface area contributed by atoms with Gasteiger partial charge in [-0.1, -0.05) is 23.2 Å². The van der Waals surface area contributed by atoms with Gasteiger partial charge in [-0.05, 0) is 44.0 Å². The van der Waals surface area contributed by atoms with Gasteiger partial charge in [0.1, 0.15) is 11.9 Å². The number of aromatic nitrogens is 2. The van der Waals surface area contributed by atoms with Crippen LogP contribution in [0, 0.1) is 6.92 Å². The number of rotatable bonds is 5. The molecule has 0 saturated carbocycles. The number of piperidine rings is 1. The SMILES string of the molecule is Cc1ccc(OC2CCCN(C(=O)COc3ccc(Cl)cc3Cl)C2)nn1. The van der Waals surface area contributed by atoms with Crippen molar-refractivity contribution in [1.82, 2.24) is 15.1 Å². The summed E-state index contributed by atoms with van der Waals surface area (Å²) >= 11 is 11.9. The lowest BCUT2D eigenvalue weighted by Crippen LogP contribution is -2.46. The van der Waals surface area contributed by atoms with Crippen LogP contribution in [0.15, 0.2) is 30.3 Å². The molecule has 26 heavy (non-hydrogen) atoms. The van der Waals surface area contributed by atoms with Crippen molar-refractivity contribution < 1.29 is 14.3 Å². The van der Waals surface area contributed by atoms with Crippen molar-refractivity contribution in [1.29, 1.82) is 0 Å². The summed E-state index contributed by atoms with van der Waals surface area (Å²) in [5, 5.41) is 8.88. The van der Waals surface area contributed by atoms with E-state index in [4.69, 9.17) is 32.7 Å². The molecule has 2 heterocycles. The Morgan fingerprint density at radius 3 is 2.85 bits per heavy atom. The van der Waals surface area contributed by atoms with E-state index in [1.807, 2.05) is 13.0 Å². The molecule has 1 amide bonds. The van der Waals surface area contributed by atoms with E-state index < -0.39 is 0 Å². The molecule has 3 rings (SSSR count). The molecular weight excluding hydrogens is 377 g/mol. The predicted molar refractivity (Wildman–Crippen MR) is 99.0 cm³/mol. The molecule has 1 saturated heterocycles. The maximum absolute atomic E-state index is 12.4. The molecule has 6 nitrogen and oxygen atoms in total. The van der Waals surface area contributed by atoms with Gasteiger partial charge in [-0.15, -0.1) is 5.10 Å². The molecule has 1 aliphatic rings. The number of amides is 1. The molecule has 0 N–H and O–H groups in total. The Hall–Kier alpha value is -2.05. The molecule has 0 aliphatic carbocycles. The maximum atomic E-state index is 12.4. The first-order valence-corrected chi connectivity index (χ1v) is 9.09. The minimum absolute atomic E-state index is 0.0849. The summed E-state index contributed by atoms with van der Waals surface area (Å²) in [7, 11) is 0. The summed E-state index contributed by atoms with van der Waals surface area (Å²) in [6, 6.07) is 8.53. The molecule has 138 valence electrons. The van der Waals surface area contributed by atoms with Crippen molar-refractivity contribution in [3.05, 3.63) is 46.1 Å². The molecule has 1 aromatic heterocycles. The van der Waals surface area contributed by atoms with E-state index in [-0.39, 0.29) is 18.6 Å². The van der Waals surface area contributed by atoms with Crippen LogP contribution in [0.2, 0.25) is 10.0 Å². The Bertz CT molecular complexity index is 771. The van der Waals surface area contributed by atoms with Crippen LogP contribution >= 0.6 is 23.2 Å². The van der Waals surface area contributed by atoms with Crippen LogP contribution in [0.1, 0.15) is 18.5 Å². The van der Waals surface area contributed by atoms with E-state index in [1.165, 1.54) is 0 Å². The zero-order chi connectivity index (χ0) is 18.5. The number of likely N-dealkylation sites (tertiary alicyclic amines) is 1. The summed E-state index contributed by atoms with van der Waals surface area (Å²) in [4.78, 5) is 14.2. The highest BCUT2D eigenvalue weighted by atomic mass is 35.5. The summed E-state index contributed by atoms with van der Waals surface area (Å²) in [6.45, 7) is 2.95. The summed E-state index contributed by atoms with van der Waals surface area (Å²) in [5.74, 6) is 0.794. The first kappa shape index (κ1) is 18.7. The second-order valence-electron chi connectivity index (χ2n) is 6.10.